The lowest BCUT2D eigenvalue weighted by Gasteiger charge is -2.36. The minimum atomic E-state index is -4.05. The molecule has 0 radical (unpaired) electrons. The Morgan fingerprint density at radius 3 is 2.32 bits per heavy atom. The molecular weight excluding hydrogens is 293 g/mol. The quantitative estimate of drug-likeness (QED) is 0.764. The summed E-state index contributed by atoms with van der Waals surface area (Å²) >= 11 is 0. The molecule has 0 aromatic carbocycles. The van der Waals surface area contributed by atoms with Crippen LogP contribution in [0.15, 0.2) is 0 Å². The Balaban J connectivity index is 1.72. The van der Waals surface area contributed by atoms with E-state index < -0.39 is 12.6 Å². The van der Waals surface area contributed by atoms with Crippen molar-refractivity contribution in [2.45, 2.75) is 69.6 Å². The van der Waals surface area contributed by atoms with Gasteiger partial charge < -0.3 is 15.3 Å². The van der Waals surface area contributed by atoms with Crippen LogP contribution in [0.25, 0.3) is 0 Å². The van der Waals surface area contributed by atoms with Gasteiger partial charge in [-0.2, -0.15) is 13.2 Å². The number of rotatable bonds is 5. The SMILES string of the molecule is OC[C@H]1CCCCC[C@H]1NC1CCN(CCC(F)(F)F)CC1. The molecule has 0 aromatic rings. The number of hydrogen-bond donors (Lipinski definition) is 2. The molecule has 2 aliphatic rings. The molecule has 3 nitrogen and oxygen atoms in total. The molecule has 0 amide bonds. The zero-order valence-electron chi connectivity index (χ0n) is 13.2. The maximum atomic E-state index is 12.3. The third-order valence-corrected chi connectivity index (χ3v) is 5.14. The molecule has 2 fully saturated rings. The van der Waals surface area contributed by atoms with Crippen LogP contribution in [0.4, 0.5) is 13.2 Å². The number of piperidine rings is 1. The Labute approximate surface area is 131 Å². The number of aliphatic hydroxyl groups excluding tert-OH is 1. The van der Waals surface area contributed by atoms with Crippen LogP contribution in [0.2, 0.25) is 0 Å². The zero-order chi connectivity index (χ0) is 16.0. The van der Waals surface area contributed by atoms with Crippen molar-refractivity contribution in [3.05, 3.63) is 0 Å². The molecule has 1 saturated carbocycles. The van der Waals surface area contributed by atoms with Crippen molar-refractivity contribution in [1.29, 1.82) is 0 Å². The number of aliphatic hydroxyl groups is 1. The second kappa shape index (κ2) is 8.50. The van der Waals surface area contributed by atoms with Crippen molar-refractivity contribution >= 4 is 0 Å². The van der Waals surface area contributed by atoms with E-state index in [9.17, 15) is 18.3 Å². The first-order valence-electron chi connectivity index (χ1n) is 8.64. The molecule has 2 N–H and O–H groups in total. The molecule has 0 spiro atoms. The maximum Gasteiger partial charge on any atom is 0.390 e. The molecule has 0 bridgehead atoms. The van der Waals surface area contributed by atoms with Crippen LogP contribution in [0, 0.1) is 5.92 Å². The Hall–Kier alpha value is -0.330. The first-order valence-corrected chi connectivity index (χ1v) is 8.64. The van der Waals surface area contributed by atoms with E-state index in [1.165, 1.54) is 19.3 Å². The predicted molar refractivity (Wildman–Crippen MR) is 80.7 cm³/mol. The van der Waals surface area contributed by atoms with E-state index in [0.717, 1.165) is 38.8 Å². The molecule has 2 rings (SSSR count). The lowest BCUT2D eigenvalue weighted by molar-refractivity contribution is -0.138. The number of alkyl halides is 3. The summed E-state index contributed by atoms with van der Waals surface area (Å²) in [5, 5.41) is 13.2. The lowest BCUT2D eigenvalue weighted by Crippen LogP contribution is -2.49. The molecule has 6 heteroatoms. The van der Waals surface area contributed by atoms with E-state index in [2.05, 4.69) is 5.32 Å². The summed E-state index contributed by atoms with van der Waals surface area (Å²) in [6, 6.07) is 0.763. The molecule has 130 valence electrons. The van der Waals surface area contributed by atoms with Crippen LogP contribution >= 0.6 is 0 Å². The highest BCUT2D eigenvalue weighted by Gasteiger charge is 2.30. The molecule has 0 aromatic heterocycles. The summed E-state index contributed by atoms with van der Waals surface area (Å²) in [6.07, 6.45) is 2.89. The maximum absolute atomic E-state index is 12.3. The van der Waals surface area contributed by atoms with Crippen molar-refractivity contribution in [3.63, 3.8) is 0 Å². The molecule has 0 unspecified atom stereocenters. The van der Waals surface area contributed by atoms with E-state index in [1.54, 1.807) is 0 Å². The van der Waals surface area contributed by atoms with Gasteiger partial charge in [0.25, 0.3) is 0 Å². The summed E-state index contributed by atoms with van der Waals surface area (Å²) in [6.45, 7) is 1.84. The van der Waals surface area contributed by atoms with Crippen LogP contribution in [-0.2, 0) is 0 Å². The van der Waals surface area contributed by atoms with E-state index in [1.807, 2.05) is 4.90 Å². The first-order chi connectivity index (χ1) is 10.5. The third kappa shape index (κ3) is 6.05. The van der Waals surface area contributed by atoms with Crippen molar-refractivity contribution < 1.29 is 18.3 Å². The second-order valence-electron chi connectivity index (χ2n) is 6.83. The number of nitrogens with zero attached hydrogens (tertiary/aromatic N) is 1. The highest BCUT2D eigenvalue weighted by molar-refractivity contribution is 4.85. The van der Waals surface area contributed by atoms with Gasteiger partial charge in [-0.15, -0.1) is 0 Å². The summed E-state index contributed by atoms with van der Waals surface area (Å²) in [7, 11) is 0. The second-order valence-corrected chi connectivity index (χ2v) is 6.83. The van der Waals surface area contributed by atoms with Crippen molar-refractivity contribution in [2.75, 3.05) is 26.2 Å². The molecule has 2 atom stereocenters. The molecular formula is C16H29F3N2O. The third-order valence-electron chi connectivity index (χ3n) is 5.14. The number of hydrogen-bond acceptors (Lipinski definition) is 3. The minimum absolute atomic E-state index is 0.124. The van der Waals surface area contributed by atoms with Gasteiger partial charge in [-0.3, -0.25) is 0 Å². The van der Waals surface area contributed by atoms with Gasteiger partial charge in [0.2, 0.25) is 0 Å². The van der Waals surface area contributed by atoms with Gasteiger partial charge in [0, 0.05) is 25.2 Å². The van der Waals surface area contributed by atoms with Gasteiger partial charge in [0.05, 0.1) is 6.42 Å². The van der Waals surface area contributed by atoms with Crippen molar-refractivity contribution in [1.82, 2.24) is 10.2 Å². The molecule has 1 heterocycles. The largest absolute Gasteiger partial charge is 0.396 e. The fraction of sp³-hybridized carbons (Fsp3) is 1.00. The van der Waals surface area contributed by atoms with Crippen molar-refractivity contribution in [2.24, 2.45) is 5.92 Å². The van der Waals surface area contributed by atoms with Crippen LogP contribution in [0.1, 0.15) is 51.4 Å². The Bertz CT molecular complexity index is 317. The van der Waals surface area contributed by atoms with Gasteiger partial charge in [-0.25, -0.2) is 0 Å². The molecule has 22 heavy (non-hydrogen) atoms. The first kappa shape index (κ1) is 18.0. The summed E-state index contributed by atoms with van der Waals surface area (Å²) in [5.41, 5.74) is 0. The monoisotopic (exact) mass is 322 g/mol. The number of likely N-dealkylation sites (tertiary alicyclic amines) is 1. The van der Waals surface area contributed by atoms with Gasteiger partial charge in [-0.05, 0) is 44.7 Å². The van der Waals surface area contributed by atoms with Crippen LogP contribution in [0.5, 0.6) is 0 Å². The van der Waals surface area contributed by atoms with Gasteiger partial charge in [0.1, 0.15) is 0 Å². The number of halogens is 3. The fourth-order valence-corrected chi connectivity index (χ4v) is 3.73. The summed E-state index contributed by atoms with van der Waals surface area (Å²) in [4.78, 5) is 1.92. The lowest BCUT2D eigenvalue weighted by atomic mass is 9.93. The van der Waals surface area contributed by atoms with E-state index in [4.69, 9.17) is 0 Å². The predicted octanol–water partition coefficient (Wildman–Crippen LogP) is 2.93. The average molecular weight is 322 g/mol. The van der Waals surface area contributed by atoms with Crippen LogP contribution in [0.3, 0.4) is 0 Å². The average Bonchev–Trinajstić information content (AvgIpc) is 2.71. The Morgan fingerprint density at radius 1 is 1.00 bits per heavy atom. The smallest absolute Gasteiger partial charge is 0.390 e. The van der Waals surface area contributed by atoms with Gasteiger partial charge in [0.15, 0.2) is 0 Å². The topological polar surface area (TPSA) is 35.5 Å². The highest BCUT2D eigenvalue weighted by atomic mass is 19.4. The Morgan fingerprint density at radius 2 is 1.68 bits per heavy atom. The van der Waals surface area contributed by atoms with E-state index in [0.29, 0.717) is 18.0 Å². The number of nitrogens with one attached hydrogen (secondary N) is 1. The zero-order valence-corrected chi connectivity index (χ0v) is 13.2. The highest BCUT2D eigenvalue weighted by Crippen LogP contribution is 2.25. The van der Waals surface area contributed by atoms with Crippen LogP contribution in [-0.4, -0.2) is 54.5 Å². The summed E-state index contributed by atoms with van der Waals surface area (Å²) < 4.78 is 36.8. The van der Waals surface area contributed by atoms with Crippen LogP contribution < -0.4 is 5.32 Å². The van der Waals surface area contributed by atoms with E-state index in [-0.39, 0.29) is 13.2 Å². The normalized spacial score (nSPS) is 29.5. The fourth-order valence-electron chi connectivity index (χ4n) is 3.73. The minimum Gasteiger partial charge on any atom is -0.396 e. The molecule has 1 aliphatic carbocycles. The van der Waals surface area contributed by atoms with Gasteiger partial charge >= 0.3 is 6.18 Å². The van der Waals surface area contributed by atoms with Crippen molar-refractivity contribution in [3.8, 4) is 0 Å². The standard InChI is InChI=1S/C16H29F3N2O/c17-16(18,19)8-11-21-9-6-14(7-10-21)20-15-5-3-1-2-4-13(15)12-22/h13-15,20,22H,1-12H2/t13-,15-/m1/s1. The van der Waals surface area contributed by atoms with Gasteiger partial charge in [-0.1, -0.05) is 19.3 Å². The molecule has 1 saturated heterocycles. The summed E-state index contributed by atoms with van der Waals surface area (Å²) in [5.74, 6) is 0.339. The van der Waals surface area contributed by atoms with E-state index >= 15 is 0 Å². The molecule has 1 aliphatic heterocycles. The Kier molecular flexibility index (Phi) is 6.96.